The molecule has 106 valence electrons. The quantitative estimate of drug-likeness (QED) is 0.774. The van der Waals surface area contributed by atoms with Crippen LogP contribution < -0.4 is 10.3 Å². The second kappa shape index (κ2) is 5.86. The van der Waals surface area contributed by atoms with Crippen LogP contribution in [-0.4, -0.2) is 12.6 Å². The molecule has 0 aliphatic carbocycles. The summed E-state index contributed by atoms with van der Waals surface area (Å²) in [4.78, 5) is 15.1. The molecule has 2 aromatic rings. The van der Waals surface area contributed by atoms with E-state index in [2.05, 4.69) is 27.8 Å². The predicted molar refractivity (Wildman–Crippen MR) is 91.1 cm³/mol. The molecule has 0 bridgehead atoms. The lowest BCUT2D eigenvalue weighted by molar-refractivity contribution is 0.449. The Bertz CT molecular complexity index is 682. The van der Waals surface area contributed by atoms with E-state index in [1.165, 1.54) is 19.3 Å². The van der Waals surface area contributed by atoms with Crippen LogP contribution >= 0.6 is 27.3 Å². The highest BCUT2D eigenvalue weighted by atomic mass is 79.9. The van der Waals surface area contributed by atoms with Gasteiger partial charge in [-0.05, 0) is 43.9 Å². The van der Waals surface area contributed by atoms with Gasteiger partial charge in [0.25, 0.3) is 0 Å². The predicted octanol–water partition coefficient (Wildman–Crippen LogP) is 4.79. The number of halogens is 1. The molecule has 20 heavy (non-hydrogen) atoms. The fraction of sp³-hybridized carbons (Fsp3) is 0.438. The standard InChI is InChI=1S/C16H18BrNOS/c1-2-12-5-3-4-8-18(12)14-10-20-15-7-6-11(17)9-13(15)16(14)19/h6-7,9-10,12H,2-5,8H2,1H3. The van der Waals surface area contributed by atoms with Gasteiger partial charge in [0.2, 0.25) is 5.43 Å². The summed E-state index contributed by atoms with van der Waals surface area (Å²) in [5.74, 6) is 0. The van der Waals surface area contributed by atoms with Crippen LogP contribution in [0.1, 0.15) is 32.6 Å². The van der Waals surface area contributed by atoms with E-state index in [1.807, 2.05) is 23.6 Å². The van der Waals surface area contributed by atoms with Crippen LogP contribution in [-0.2, 0) is 0 Å². The van der Waals surface area contributed by atoms with Crippen molar-refractivity contribution in [3.05, 3.63) is 38.3 Å². The fourth-order valence-corrected chi connectivity index (χ4v) is 4.30. The number of rotatable bonds is 2. The van der Waals surface area contributed by atoms with E-state index in [0.717, 1.165) is 33.2 Å². The number of nitrogens with zero attached hydrogens (tertiary/aromatic N) is 1. The molecule has 0 saturated carbocycles. The molecule has 0 amide bonds. The van der Waals surface area contributed by atoms with Crippen molar-refractivity contribution in [2.24, 2.45) is 0 Å². The molecule has 1 saturated heterocycles. The molecule has 2 nitrogen and oxygen atoms in total. The average Bonchev–Trinajstić information content (AvgIpc) is 2.48. The summed E-state index contributed by atoms with van der Waals surface area (Å²) in [5, 5.41) is 2.88. The molecular formula is C16H18BrNOS. The van der Waals surface area contributed by atoms with Crippen molar-refractivity contribution in [2.75, 3.05) is 11.4 Å². The lowest BCUT2D eigenvalue weighted by Crippen LogP contribution is -2.41. The third kappa shape index (κ3) is 2.51. The largest absolute Gasteiger partial charge is 0.365 e. The first-order valence-corrected chi connectivity index (χ1v) is 8.85. The molecule has 4 heteroatoms. The summed E-state index contributed by atoms with van der Waals surface area (Å²) in [6.07, 6.45) is 4.79. The summed E-state index contributed by atoms with van der Waals surface area (Å²) < 4.78 is 2.03. The molecule has 0 radical (unpaired) electrons. The molecular weight excluding hydrogens is 334 g/mol. The summed E-state index contributed by atoms with van der Waals surface area (Å²) in [5.41, 5.74) is 1.08. The van der Waals surface area contributed by atoms with Gasteiger partial charge in [-0.3, -0.25) is 4.79 Å². The van der Waals surface area contributed by atoms with E-state index in [1.54, 1.807) is 11.3 Å². The minimum atomic E-state index is 0.181. The Morgan fingerprint density at radius 2 is 2.25 bits per heavy atom. The average molecular weight is 352 g/mol. The zero-order valence-electron chi connectivity index (χ0n) is 11.6. The number of hydrogen-bond acceptors (Lipinski definition) is 3. The Labute approximate surface area is 131 Å². The minimum Gasteiger partial charge on any atom is -0.365 e. The molecule has 3 rings (SSSR count). The van der Waals surface area contributed by atoms with Gasteiger partial charge in [0.05, 0.1) is 5.69 Å². The zero-order valence-corrected chi connectivity index (χ0v) is 14.0. The van der Waals surface area contributed by atoms with E-state index in [4.69, 9.17) is 0 Å². The third-order valence-corrected chi connectivity index (χ3v) is 5.57. The van der Waals surface area contributed by atoms with Gasteiger partial charge in [0.1, 0.15) is 0 Å². The second-order valence-electron chi connectivity index (χ2n) is 5.34. The first kappa shape index (κ1) is 14.1. The summed E-state index contributed by atoms with van der Waals surface area (Å²) in [7, 11) is 0. The molecule has 1 aliphatic rings. The number of benzene rings is 1. The normalized spacial score (nSPS) is 19.5. The Balaban J connectivity index is 2.11. The van der Waals surface area contributed by atoms with Crippen LogP contribution in [0.3, 0.4) is 0 Å². The van der Waals surface area contributed by atoms with Crippen molar-refractivity contribution >= 4 is 43.0 Å². The molecule has 0 spiro atoms. The summed E-state index contributed by atoms with van der Waals surface area (Å²) in [6, 6.07) is 6.48. The molecule has 1 aromatic carbocycles. The van der Waals surface area contributed by atoms with Crippen LogP contribution in [0, 0.1) is 0 Å². The Hall–Kier alpha value is -0.870. The number of fused-ring (bicyclic) bond motifs is 1. The minimum absolute atomic E-state index is 0.181. The number of piperidine rings is 1. The maximum Gasteiger partial charge on any atom is 0.211 e. The zero-order chi connectivity index (χ0) is 14.1. The second-order valence-corrected chi connectivity index (χ2v) is 7.17. The number of anilines is 1. The molecule has 1 atom stereocenters. The highest BCUT2D eigenvalue weighted by molar-refractivity contribution is 9.10. The van der Waals surface area contributed by atoms with Crippen molar-refractivity contribution in [1.29, 1.82) is 0 Å². The van der Waals surface area contributed by atoms with Crippen molar-refractivity contribution in [3.63, 3.8) is 0 Å². The number of hydrogen-bond donors (Lipinski definition) is 0. The lowest BCUT2D eigenvalue weighted by atomic mass is 9.99. The van der Waals surface area contributed by atoms with Crippen LogP contribution in [0.4, 0.5) is 5.69 Å². The first-order chi connectivity index (χ1) is 9.70. The molecule has 1 aliphatic heterocycles. The Kier molecular flexibility index (Phi) is 4.13. The van der Waals surface area contributed by atoms with Gasteiger partial charge in [0, 0.05) is 32.5 Å². The van der Waals surface area contributed by atoms with E-state index >= 15 is 0 Å². The van der Waals surface area contributed by atoms with E-state index in [-0.39, 0.29) is 5.43 Å². The van der Waals surface area contributed by atoms with Gasteiger partial charge in [-0.2, -0.15) is 0 Å². The lowest BCUT2D eigenvalue weighted by Gasteiger charge is -2.36. The van der Waals surface area contributed by atoms with E-state index in [0.29, 0.717) is 6.04 Å². The van der Waals surface area contributed by atoms with Gasteiger partial charge in [0.15, 0.2) is 0 Å². The smallest absolute Gasteiger partial charge is 0.211 e. The maximum atomic E-state index is 12.8. The van der Waals surface area contributed by atoms with Crippen molar-refractivity contribution in [2.45, 2.75) is 38.6 Å². The van der Waals surface area contributed by atoms with Crippen LogP contribution in [0.25, 0.3) is 10.1 Å². The molecule has 2 heterocycles. The highest BCUT2D eigenvalue weighted by Gasteiger charge is 2.23. The summed E-state index contributed by atoms with van der Waals surface area (Å²) in [6.45, 7) is 3.23. The Morgan fingerprint density at radius 1 is 1.40 bits per heavy atom. The Morgan fingerprint density at radius 3 is 3.05 bits per heavy atom. The van der Waals surface area contributed by atoms with Crippen LogP contribution in [0.2, 0.25) is 0 Å². The topological polar surface area (TPSA) is 20.3 Å². The van der Waals surface area contributed by atoms with Crippen LogP contribution in [0.15, 0.2) is 32.8 Å². The fourth-order valence-electron chi connectivity index (χ4n) is 3.03. The van der Waals surface area contributed by atoms with Crippen LogP contribution in [0.5, 0.6) is 0 Å². The van der Waals surface area contributed by atoms with Gasteiger partial charge < -0.3 is 4.90 Å². The molecule has 1 aromatic heterocycles. The molecule has 0 N–H and O–H groups in total. The molecule has 1 unspecified atom stereocenters. The third-order valence-electron chi connectivity index (χ3n) is 4.12. The van der Waals surface area contributed by atoms with Gasteiger partial charge in [-0.25, -0.2) is 0 Å². The SMILES string of the molecule is CCC1CCCCN1c1csc2ccc(Br)cc2c1=O. The van der Waals surface area contributed by atoms with Crippen molar-refractivity contribution < 1.29 is 0 Å². The first-order valence-electron chi connectivity index (χ1n) is 7.18. The highest BCUT2D eigenvalue weighted by Crippen LogP contribution is 2.28. The van der Waals surface area contributed by atoms with Gasteiger partial charge in [-0.1, -0.05) is 22.9 Å². The summed E-state index contributed by atoms with van der Waals surface area (Å²) >= 11 is 5.13. The van der Waals surface area contributed by atoms with Crippen molar-refractivity contribution in [3.8, 4) is 0 Å². The maximum absolute atomic E-state index is 12.8. The van der Waals surface area contributed by atoms with E-state index in [9.17, 15) is 4.79 Å². The van der Waals surface area contributed by atoms with E-state index < -0.39 is 0 Å². The monoisotopic (exact) mass is 351 g/mol. The van der Waals surface area contributed by atoms with Crippen molar-refractivity contribution in [1.82, 2.24) is 0 Å². The van der Waals surface area contributed by atoms with Gasteiger partial charge >= 0.3 is 0 Å². The van der Waals surface area contributed by atoms with Gasteiger partial charge in [-0.15, -0.1) is 11.3 Å². The molecule has 1 fully saturated rings.